The second kappa shape index (κ2) is 5.64. The van der Waals surface area contributed by atoms with Crippen LogP contribution in [0.1, 0.15) is 34.1 Å². The van der Waals surface area contributed by atoms with Crippen molar-refractivity contribution in [2.24, 2.45) is 11.1 Å². The second-order valence-electron chi connectivity index (χ2n) is 5.76. The molecule has 0 heterocycles. The Bertz CT molecular complexity index is 237. The Morgan fingerprint density at radius 2 is 1.81 bits per heavy atom. The summed E-state index contributed by atoms with van der Waals surface area (Å²) in [4.78, 5) is 13.6. The molecule has 0 rings (SSSR count). The molecule has 4 nitrogen and oxygen atoms in total. The van der Waals surface area contributed by atoms with Crippen LogP contribution in [0.15, 0.2) is 0 Å². The molecule has 0 unspecified atom stereocenters. The number of methoxy groups -OCH3 is 1. The van der Waals surface area contributed by atoms with Crippen LogP contribution in [-0.4, -0.2) is 43.7 Å². The molecule has 0 saturated carbocycles. The molecule has 2 N–H and O–H groups in total. The minimum absolute atomic E-state index is 0.0401. The van der Waals surface area contributed by atoms with E-state index in [-0.39, 0.29) is 11.3 Å². The molecule has 16 heavy (non-hydrogen) atoms. The van der Waals surface area contributed by atoms with E-state index in [4.69, 9.17) is 10.5 Å². The van der Waals surface area contributed by atoms with Gasteiger partial charge in [-0.05, 0) is 25.8 Å². The quantitative estimate of drug-likeness (QED) is 0.747. The average molecular weight is 230 g/mol. The lowest BCUT2D eigenvalue weighted by Crippen LogP contribution is -2.42. The van der Waals surface area contributed by atoms with E-state index in [0.29, 0.717) is 19.5 Å². The second-order valence-corrected chi connectivity index (χ2v) is 5.76. The molecule has 1 amide bonds. The first-order valence-corrected chi connectivity index (χ1v) is 5.63. The Balaban J connectivity index is 4.30. The smallest absolute Gasteiger partial charge is 0.225 e. The Labute approximate surface area is 99.1 Å². The maximum atomic E-state index is 11.9. The minimum Gasteiger partial charge on any atom is -0.378 e. The van der Waals surface area contributed by atoms with Gasteiger partial charge in [-0.15, -0.1) is 0 Å². The molecule has 0 aliphatic carbocycles. The van der Waals surface area contributed by atoms with E-state index in [1.54, 1.807) is 12.0 Å². The molecule has 0 radical (unpaired) electrons. The van der Waals surface area contributed by atoms with Crippen molar-refractivity contribution in [3.8, 4) is 0 Å². The number of nitrogens with zero attached hydrogens (tertiary/aromatic N) is 1. The van der Waals surface area contributed by atoms with E-state index in [1.807, 2.05) is 20.9 Å². The SMILES string of the molecule is COC(C)(C)CC(=O)N(C)CC(C)(C)CN. The highest BCUT2D eigenvalue weighted by Gasteiger charge is 2.26. The average Bonchev–Trinajstić information content (AvgIpc) is 2.16. The van der Waals surface area contributed by atoms with E-state index in [0.717, 1.165) is 0 Å². The fourth-order valence-corrected chi connectivity index (χ4v) is 1.37. The molecule has 0 aliphatic heterocycles. The van der Waals surface area contributed by atoms with Crippen LogP contribution >= 0.6 is 0 Å². The highest BCUT2D eigenvalue weighted by Crippen LogP contribution is 2.18. The van der Waals surface area contributed by atoms with Gasteiger partial charge in [0.25, 0.3) is 0 Å². The monoisotopic (exact) mass is 230 g/mol. The van der Waals surface area contributed by atoms with Gasteiger partial charge < -0.3 is 15.4 Å². The summed E-state index contributed by atoms with van der Waals surface area (Å²) in [6.07, 6.45) is 0.390. The molecular weight excluding hydrogens is 204 g/mol. The van der Waals surface area contributed by atoms with Gasteiger partial charge in [0, 0.05) is 20.7 Å². The van der Waals surface area contributed by atoms with Crippen molar-refractivity contribution in [2.45, 2.75) is 39.7 Å². The summed E-state index contributed by atoms with van der Waals surface area (Å²) in [5.41, 5.74) is 5.20. The van der Waals surface area contributed by atoms with Gasteiger partial charge in [-0.25, -0.2) is 0 Å². The van der Waals surface area contributed by atoms with E-state index in [1.165, 1.54) is 0 Å². The zero-order chi connectivity index (χ0) is 13.0. The summed E-state index contributed by atoms with van der Waals surface area (Å²) >= 11 is 0. The van der Waals surface area contributed by atoms with Crippen LogP contribution in [0.25, 0.3) is 0 Å². The molecule has 0 atom stereocenters. The number of amides is 1. The van der Waals surface area contributed by atoms with Crippen LogP contribution in [-0.2, 0) is 9.53 Å². The summed E-state index contributed by atoms with van der Waals surface area (Å²) in [7, 11) is 3.43. The Hall–Kier alpha value is -0.610. The molecule has 0 aromatic carbocycles. The summed E-state index contributed by atoms with van der Waals surface area (Å²) in [5.74, 6) is 0.0911. The van der Waals surface area contributed by atoms with Gasteiger partial charge in [0.05, 0.1) is 12.0 Å². The van der Waals surface area contributed by atoms with Crippen LogP contribution in [0.4, 0.5) is 0 Å². The minimum atomic E-state index is -0.405. The molecule has 0 fully saturated rings. The number of nitrogens with two attached hydrogens (primary N) is 1. The number of carbonyl (C=O) groups is 1. The molecule has 0 aromatic rings. The summed E-state index contributed by atoms with van der Waals surface area (Å²) in [5, 5.41) is 0. The van der Waals surface area contributed by atoms with Gasteiger partial charge in [-0.2, -0.15) is 0 Å². The maximum absolute atomic E-state index is 11.9. The third-order valence-electron chi connectivity index (χ3n) is 2.77. The molecule has 0 saturated heterocycles. The van der Waals surface area contributed by atoms with Crippen LogP contribution in [0, 0.1) is 5.41 Å². The van der Waals surface area contributed by atoms with E-state index < -0.39 is 5.60 Å². The summed E-state index contributed by atoms with van der Waals surface area (Å²) in [6.45, 7) is 9.16. The topological polar surface area (TPSA) is 55.6 Å². The molecule has 0 aromatic heterocycles. The first-order chi connectivity index (χ1) is 7.13. The standard InChI is InChI=1S/C12H26N2O2/c1-11(2,8-13)9-14(5)10(15)7-12(3,4)16-6/h7-9,13H2,1-6H3. The predicted molar refractivity (Wildman–Crippen MR) is 66.2 cm³/mol. The lowest BCUT2D eigenvalue weighted by molar-refractivity contribution is -0.136. The fraction of sp³-hybridized carbons (Fsp3) is 0.917. The van der Waals surface area contributed by atoms with Crippen molar-refractivity contribution in [2.75, 3.05) is 27.2 Å². The van der Waals surface area contributed by atoms with E-state index >= 15 is 0 Å². The number of carbonyl (C=O) groups excluding carboxylic acids is 1. The first-order valence-electron chi connectivity index (χ1n) is 5.63. The van der Waals surface area contributed by atoms with Crippen molar-refractivity contribution >= 4 is 5.91 Å². The van der Waals surface area contributed by atoms with E-state index in [9.17, 15) is 4.79 Å². The summed E-state index contributed by atoms with van der Waals surface area (Å²) < 4.78 is 5.24. The van der Waals surface area contributed by atoms with Gasteiger partial charge in [0.15, 0.2) is 0 Å². The van der Waals surface area contributed by atoms with Crippen molar-refractivity contribution in [3.63, 3.8) is 0 Å². The zero-order valence-electron chi connectivity index (χ0n) is 11.5. The van der Waals surface area contributed by atoms with Gasteiger partial charge in [-0.3, -0.25) is 4.79 Å². The van der Waals surface area contributed by atoms with Gasteiger partial charge in [0.1, 0.15) is 0 Å². The van der Waals surface area contributed by atoms with E-state index in [2.05, 4.69) is 13.8 Å². The van der Waals surface area contributed by atoms with Crippen molar-refractivity contribution in [3.05, 3.63) is 0 Å². The van der Waals surface area contributed by atoms with Crippen molar-refractivity contribution in [1.82, 2.24) is 4.90 Å². The normalized spacial score (nSPS) is 12.7. The van der Waals surface area contributed by atoms with Crippen molar-refractivity contribution < 1.29 is 9.53 Å². The van der Waals surface area contributed by atoms with Gasteiger partial charge in [0.2, 0.25) is 5.91 Å². The number of ether oxygens (including phenoxy) is 1. The van der Waals surface area contributed by atoms with Crippen molar-refractivity contribution in [1.29, 1.82) is 0 Å². The van der Waals surface area contributed by atoms with Crippen LogP contribution < -0.4 is 5.73 Å². The highest BCUT2D eigenvalue weighted by atomic mass is 16.5. The van der Waals surface area contributed by atoms with Crippen LogP contribution in [0.5, 0.6) is 0 Å². The van der Waals surface area contributed by atoms with Gasteiger partial charge >= 0.3 is 0 Å². The molecule has 0 spiro atoms. The maximum Gasteiger partial charge on any atom is 0.225 e. The third-order valence-corrected chi connectivity index (χ3v) is 2.77. The number of rotatable bonds is 6. The molecule has 0 bridgehead atoms. The summed E-state index contributed by atoms with van der Waals surface area (Å²) in [6, 6.07) is 0. The first kappa shape index (κ1) is 15.4. The Kier molecular flexibility index (Phi) is 5.42. The highest BCUT2D eigenvalue weighted by molar-refractivity contribution is 5.76. The Morgan fingerprint density at radius 1 is 1.31 bits per heavy atom. The predicted octanol–water partition coefficient (Wildman–Crippen LogP) is 1.24. The third kappa shape index (κ3) is 5.47. The molecule has 4 heteroatoms. The number of hydrogen-bond donors (Lipinski definition) is 1. The lowest BCUT2D eigenvalue weighted by atomic mass is 9.93. The van der Waals surface area contributed by atoms with Crippen LogP contribution in [0.3, 0.4) is 0 Å². The zero-order valence-corrected chi connectivity index (χ0v) is 11.5. The Morgan fingerprint density at radius 3 is 2.19 bits per heavy atom. The number of hydrogen-bond acceptors (Lipinski definition) is 3. The van der Waals surface area contributed by atoms with Gasteiger partial charge in [-0.1, -0.05) is 13.8 Å². The molecular formula is C12H26N2O2. The largest absolute Gasteiger partial charge is 0.378 e. The lowest BCUT2D eigenvalue weighted by Gasteiger charge is -2.31. The molecule has 0 aliphatic rings. The fourth-order valence-electron chi connectivity index (χ4n) is 1.37. The molecule has 96 valence electrons. The van der Waals surface area contributed by atoms with Crippen LogP contribution in [0.2, 0.25) is 0 Å².